The van der Waals surface area contributed by atoms with Crippen LogP contribution in [-0.2, 0) is 14.8 Å². The summed E-state index contributed by atoms with van der Waals surface area (Å²) in [6.45, 7) is 2.06. The molecule has 0 aliphatic carbocycles. The number of benzene rings is 1. The number of thiazole rings is 1. The smallest absolute Gasteiger partial charge is 0.311 e. The maximum absolute atomic E-state index is 11.6. The average Bonchev–Trinajstić information content (AvgIpc) is 2.82. The van der Waals surface area contributed by atoms with Gasteiger partial charge in [0.2, 0.25) is 4.34 Å². The van der Waals surface area contributed by atoms with Gasteiger partial charge in [-0.3, -0.25) is 4.79 Å². The van der Waals surface area contributed by atoms with Crippen molar-refractivity contribution < 1.29 is 17.9 Å². The summed E-state index contributed by atoms with van der Waals surface area (Å²) in [5.74, 6) is 0.0555. The Morgan fingerprint density at radius 2 is 2.14 bits per heavy atom. The van der Waals surface area contributed by atoms with Gasteiger partial charge in [-0.05, 0) is 18.6 Å². The lowest BCUT2D eigenvalue weighted by Crippen LogP contribution is -2.11. The first-order chi connectivity index (χ1) is 9.90. The molecule has 1 heterocycles. The first kappa shape index (κ1) is 15.9. The van der Waals surface area contributed by atoms with Crippen LogP contribution >= 0.6 is 11.3 Å². The Bertz CT molecular complexity index is 753. The van der Waals surface area contributed by atoms with Gasteiger partial charge in [0, 0.05) is 12.5 Å². The minimum Gasteiger partial charge on any atom is -0.426 e. The van der Waals surface area contributed by atoms with Crippen LogP contribution in [0.3, 0.4) is 0 Å². The van der Waals surface area contributed by atoms with E-state index in [1.165, 1.54) is 6.07 Å². The van der Waals surface area contributed by atoms with Gasteiger partial charge in [0.25, 0.3) is 10.0 Å². The standard InChI is InChI=1S/C13H16N2O4S2/c1-2-3-4-5-12(16)19-9-6-7-11-10(8-9)15-13(20-11)21(14,17)18/h6-8H,2-5H2,1H3,(H2,14,17,18). The van der Waals surface area contributed by atoms with Crippen molar-refractivity contribution in [2.45, 2.75) is 36.9 Å². The summed E-state index contributed by atoms with van der Waals surface area (Å²) in [4.78, 5) is 15.6. The van der Waals surface area contributed by atoms with Gasteiger partial charge < -0.3 is 4.74 Å². The van der Waals surface area contributed by atoms with Crippen molar-refractivity contribution in [3.63, 3.8) is 0 Å². The number of unbranched alkanes of at least 4 members (excludes halogenated alkanes) is 2. The van der Waals surface area contributed by atoms with Crippen LogP contribution in [0.1, 0.15) is 32.6 Å². The van der Waals surface area contributed by atoms with Crippen LogP contribution in [0.5, 0.6) is 5.75 Å². The molecule has 0 fully saturated rings. The molecule has 0 aliphatic rings. The number of hydrogen-bond acceptors (Lipinski definition) is 6. The molecule has 0 bridgehead atoms. The van der Waals surface area contributed by atoms with Crippen LogP contribution in [0.4, 0.5) is 0 Å². The third-order valence-corrected chi connectivity index (χ3v) is 5.15. The molecule has 0 saturated heterocycles. The van der Waals surface area contributed by atoms with Crippen molar-refractivity contribution >= 4 is 37.5 Å². The zero-order valence-corrected chi connectivity index (χ0v) is 13.2. The predicted molar refractivity (Wildman–Crippen MR) is 80.8 cm³/mol. The third kappa shape index (κ3) is 4.23. The summed E-state index contributed by atoms with van der Waals surface area (Å²) < 4.78 is 28.2. The largest absolute Gasteiger partial charge is 0.426 e. The summed E-state index contributed by atoms with van der Waals surface area (Å²) in [6.07, 6.45) is 3.18. The molecule has 1 aromatic carbocycles. The van der Waals surface area contributed by atoms with Gasteiger partial charge in [0.05, 0.1) is 10.2 Å². The molecule has 0 saturated carbocycles. The fraction of sp³-hybridized carbons (Fsp3) is 0.385. The Morgan fingerprint density at radius 1 is 1.38 bits per heavy atom. The van der Waals surface area contributed by atoms with Crippen molar-refractivity contribution in [3.05, 3.63) is 18.2 Å². The highest BCUT2D eigenvalue weighted by Gasteiger charge is 2.15. The predicted octanol–water partition coefficient (Wildman–Crippen LogP) is 2.43. The Kier molecular flexibility index (Phi) is 4.92. The molecule has 6 nitrogen and oxygen atoms in total. The molecule has 0 atom stereocenters. The minimum absolute atomic E-state index is 0.149. The normalized spacial score (nSPS) is 11.7. The number of primary sulfonamides is 1. The second-order valence-corrected chi connectivity index (χ2v) is 7.35. The van der Waals surface area contributed by atoms with Gasteiger partial charge in [0.15, 0.2) is 0 Å². The van der Waals surface area contributed by atoms with Crippen LogP contribution in [0, 0.1) is 0 Å². The number of nitrogens with two attached hydrogens (primary N) is 1. The molecule has 21 heavy (non-hydrogen) atoms. The Balaban J connectivity index is 2.14. The molecule has 0 aliphatic heterocycles. The van der Waals surface area contributed by atoms with Crippen molar-refractivity contribution in [2.24, 2.45) is 5.14 Å². The number of ether oxygens (including phenoxy) is 1. The number of rotatable bonds is 6. The topological polar surface area (TPSA) is 99.4 Å². The number of sulfonamides is 1. The van der Waals surface area contributed by atoms with Gasteiger partial charge in [0.1, 0.15) is 5.75 Å². The molecule has 114 valence electrons. The Morgan fingerprint density at radius 3 is 2.81 bits per heavy atom. The molecule has 0 amide bonds. The zero-order valence-electron chi connectivity index (χ0n) is 11.5. The van der Waals surface area contributed by atoms with Gasteiger partial charge in [-0.2, -0.15) is 0 Å². The molecule has 0 spiro atoms. The maximum atomic E-state index is 11.6. The number of hydrogen-bond donors (Lipinski definition) is 1. The lowest BCUT2D eigenvalue weighted by atomic mass is 10.2. The number of nitrogens with zero attached hydrogens (tertiary/aromatic N) is 1. The summed E-state index contributed by atoms with van der Waals surface area (Å²) in [5.41, 5.74) is 0.447. The molecule has 2 aromatic rings. The quantitative estimate of drug-likeness (QED) is 0.499. The van der Waals surface area contributed by atoms with Crippen LogP contribution in [0.15, 0.2) is 22.5 Å². The van der Waals surface area contributed by atoms with E-state index in [-0.39, 0.29) is 10.3 Å². The molecular weight excluding hydrogens is 312 g/mol. The Hall–Kier alpha value is -1.51. The van der Waals surface area contributed by atoms with Crippen molar-refractivity contribution in [3.8, 4) is 5.75 Å². The van der Waals surface area contributed by atoms with Crippen LogP contribution < -0.4 is 9.88 Å². The molecular formula is C13H16N2O4S2. The maximum Gasteiger partial charge on any atom is 0.311 e. The van der Waals surface area contributed by atoms with E-state index < -0.39 is 10.0 Å². The number of aromatic nitrogens is 1. The van der Waals surface area contributed by atoms with Crippen LogP contribution in [-0.4, -0.2) is 19.4 Å². The van der Waals surface area contributed by atoms with Gasteiger partial charge >= 0.3 is 5.97 Å². The summed E-state index contributed by atoms with van der Waals surface area (Å²) >= 11 is 0.984. The molecule has 1 aromatic heterocycles. The van der Waals surface area contributed by atoms with E-state index in [1.807, 2.05) is 0 Å². The fourth-order valence-corrected chi connectivity index (χ4v) is 3.41. The fourth-order valence-electron chi connectivity index (χ4n) is 1.77. The van der Waals surface area contributed by atoms with E-state index in [2.05, 4.69) is 11.9 Å². The highest BCUT2D eigenvalue weighted by molar-refractivity contribution is 7.91. The first-order valence-corrected chi connectivity index (χ1v) is 8.90. The summed E-state index contributed by atoms with van der Waals surface area (Å²) in [6, 6.07) is 4.82. The number of fused-ring (bicyclic) bond motifs is 1. The summed E-state index contributed by atoms with van der Waals surface area (Å²) in [5, 5.41) is 5.04. The van der Waals surface area contributed by atoms with Crippen LogP contribution in [0.25, 0.3) is 10.2 Å². The highest BCUT2D eigenvalue weighted by atomic mass is 32.2. The second kappa shape index (κ2) is 6.50. The third-order valence-electron chi connectivity index (χ3n) is 2.80. The summed E-state index contributed by atoms with van der Waals surface area (Å²) in [7, 11) is -3.82. The van der Waals surface area contributed by atoms with E-state index in [9.17, 15) is 13.2 Å². The molecule has 0 radical (unpaired) electrons. The minimum atomic E-state index is -3.82. The SMILES string of the molecule is CCCCCC(=O)Oc1ccc2sc(S(N)(=O)=O)nc2c1. The molecule has 8 heteroatoms. The first-order valence-electron chi connectivity index (χ1n) is 6.54. The lowest BCUT2D eigenvalue weighted by molar-refractivity contribution is -0.134. The highest BCUT2D eigenvalue weighted by Crippen LogP contribution is 2.28. The van der Waals surface area contributed by atoms with E-state index in [0.29, 0.717) is 22.4 Å². The second-order valence-electron chi connectivity index (χ2n) is 4.59. The number of carbonyl (C=O) groups excluding carboxylic acids is 1. The van der Waals surface area contributed by atoms with Crippen LogP contribution in [0.2, 0.25) is 0 Å². The van der Waals surface area contributed by atoms with E-state index in [4.69, 9.17) is 9.88 Å². The van der Waals surface area contributed by atoms with Crippen molar-refractivity contribution in [1.82, 2.24) is 4.98 Å². The van der Waals surface area contributed by atoms with Crippen molar-refractivity contribution in [1.29, 1.82) is 0 Å². The number of carbonyl (C=O) groups is 1. The molecule has 2 N–H and O–H groups in total. The van der Waals surface area contributed by atoms with E-state index in [0.717, 1.165) is 30.6 Å². The van der Waals surface area contributed by atoms with E-state index >= 15 is 0 Å². The van der Waals surface area contributed by atoms with E-state index in [1.54, 1.807) is 12.1 Å². The van der Waals surface area contributed by atoms with Gasteiger partial charge in [-0.25, -0.2) is 18.5 Å². The lowest BCUT2D eigenvalue weighted by Gasteiger charge is -2.03. The number of esters is 1. The monoisotopic (exact) mass is 328 g/mol. The average molecular weight is 328 g/mol. The zero-order chi connectivity index (χ0) is 15.5. The van der Waals surface area contributed by atoms with Gasteiger partial charge in [-0.15, -0.1) is 11.3 Å². The van der Waals surface area contributed by atoms with Gasteiger partial charge in [-0.1, -0.05) is 19.8 Å². The molecule has 2 rings (SSSR count). The Labute approximate surface area is 127 Å². The molecule has 0 unspecified atom stereocenters. The van der Waals surface area contributed by atoms with Crippen molar-refractivity contribution in [2.75, 3.05) is 0 Å².